The molecule has 2 aromatic carbocycles. The second-order valence-corrected chi connectivity index (χ2v) is 9.42. The van der Waals surface area contributed by atoms with Gasteiger partial charge < -0.3 is 20.3 Å². The molecule has 1 heterocycles. The molecule has 4 rings (SSSR count). The molecule has 1 spiro atoms. The molecule has 5 amide bonds. The zero-order valence-electron chi connectivity index (χ0n) is 20.5. The minimum atomic E-state index is -1.49. The zero-order valence-corrected chi connectivity index (χ0v) is 20.5. The third-order valence-corrected chi connectivity index (χ3v) is 6.39. The molecule has 0 radical (unpaired) electrons. The fraction of sp³-hybridized carbons (Fsp3) is 0.385. The van der Waals surface area contributed by atoms with Crippen LogP contribution in [0.5, 0.6) is 0 Å². The molecule has 1 aliphatic heterocycles. The molecule has 0 unspecified atom stereocenters. The molecule has 1 saturated heterocycles. The Morgan fingerprint density at radius 2 is 1.94 bits per heavy atom. The number of rotatable bonds is 7. The van der Waals surface area contributed by atoms with Gasteiger partial charge in [-0.1, -0.05) is 38.1 Å². The maximum Gasteiger partial charge on any atom is 0.418 e. The number of hydrogen-bond donors (Lipinski definition) is 2. The summed E-state index contributed by atoms with van der Waals surface area (Å²) < 4.78 is 19.8. The number of nitrogens with zero attached hydrogens (tertiary/aromatic N) is 2. The Kier molecular flexibility index (Phi) is 6.96. The summed E-state index contributed by atoms with van der Waals surface area (Å²) in [5, 5.41) is 5.15. The fourth-order valence-corrected chi connectivity index (χ4v) is 4.69. The van der Waals surface area contributed by atoms with Gasteiger partial charge in [0.25, 0.3) is 5.91 Å². The zero-order chi connectivity index (χ0) is 26.0. The lowest BCUT2D eigenvalue weighted by Crippen LogP contribution is -2.45. The van der Waals surface area contributed by atoms with Crippen molar-refractivity contribution in [2.24, 2.45) is 5.92 Å². The second-order valence-electron chi connectivity index (χ2n) is 9.42. The van der Waals surface area contributed by atoms with Gasteiger partial charge in [-0.25, -0.2) is 18.9 Å². The molecular formula is C26H29FN4O5. The third-order valence-electron chi connectivity index (χ3n) is 6.39. The number of fused-ring (bicyclic) bond motifs is 2. The topological polar surface area (TPSA) is 108 Å². The smallest absolute Gasteiger partial charge is 0.418 e. The Morgan fingerprint density at radius 3 is 2.64 bits per heavy atom. The van der Waals surface area contributed by atoms with Crippen molar-refractivity contribution in [1.82, 2.24) is 15.1 Å². The standard InChI is InChI=1S/C26H29FN4O5/c1-16(2)13-30(14-18-6-4-5-7-21(18)27)22(32)15-31-23(33)26(36-25(31)35)11-10-17-12-19(8-9-20(17)26)29-24(34)28-3/h4-9,12,16H,10-11,13-15H2,1-3H3,(H2,28,29,34)/t26-/m1/s1. The lowest BCUT2D eigenvalue weighted by Gasteiger charge is -2.26. The molecule has 190 valence electrons. The number of amides is 5. The number of hydrogen-bond acceptors (Lipinski definition) is 5. The Hall–Kier alpha value is -3.95. The summed E-state index contributed by atoms with van der Waals surface area (Å²) in [6.07, 6.45) is -0.179. The van der Waals surface area contributed by atoms with Gasteiger partial charge in [0.05, 0.1) is 0 Å². The third kappa shape index (κ3) is 4.75. The van der Waals surface area contributed by atoms with Gasteiger partial charge >= 0.3 is 12.1 Å². The Balaban J connectivity index is 1.53. The summed E-state index contributed by atoms with van der Waals surface area (Å²) in [7, 11) is 1.50. The van der Waals surface area contributed by atoms with E-state index in [4.69, 9.17) is 4.74 Å². The van der Waals surface area contributed by atoms with E-state index in [2.05, 4.69) is 10.6 Å². The number of halogens is 1. The van der Waals surface area contributed by atoms with Crippen LogP contribution in [0.3, 0.4) is 0 Å². The van der Waals surface area contributed by atoms with Crippen LogP contribution >= 0.6 is 0 Å². The molecule has 1 atom stereocenters. The van der Waals surface area contributed by atoms with E-state index in [0.29, 0.717) is 29.8 Å². The van der Waals surface area contributed by atoms with Gasteiger partial charge in [0.1, 0.15) is 12.4 Å². The summed E-state index contributed by atoms with van der Waals surface area (Å²) in [5.74, 6) is -1.41. The van der Waals surface area contributed by atoms with Gasteiger partial charge in [0.2, 0.25) is 11.5 Å². The number of anilines is 1. The highest BCUT2D eigenvalue weighted by Gasteiger charge is 2.58. The molecule has 2 aromatic rings. The molecule has 2 N–H and O–H groups in total. The molecule has 1 fully saturated rings. The number of aryl methyl sites for hydroxylation is 1. The van der Waals surface area contributed by atoms with E-state index in [-0.39, 0.29) is 24.9 Å². The van der Waals surface area contributed by atoms with Crippen molar-refractivity contribution in [3.63, 3.8) is 0 Å². The number of imide groups is 1. The number of benzene rings is 2. The van der Waals surface area contributed by atoms with Gasteiger partial charge in [-0.05, 0) is 36.1 Å². The maximum absolute atomic E-state index is 14.2. The predicted molar refractivity (Wildman–Crippen MR) is 129 cm³/mol. The first-order valence-electron chi connectivity index (χ1n) is 11.8. The van der Waals surface area contributed by atoms with Crippen molar-refractivity contribution in [2.75, 3.05) is 25.5 Å². The number of carbonyl (C=O) groups is 4. The number of carbonyl (C=O) groups excluding carboxylic acids is 4. The summed E-state index contributed by atoms with van der Waals surface area (Å²) in [4.78, 5) is 53.4. The Labute approximate surface area is 208 Å². The van der Waals surface area contributed by atoms with Crippen molar-refractivity contribution < 1.29 is 28.3 Å². The largest absolute Gasteiger partial charge is 0.427 e. The van der Waals surface area contributed by atoms with Crippen LogP contribution in [0.1, 0.15) is 37.0 Å². The van der Waals surface area contributed by atoms with Crippen molar-refractivity contribution in [2.45, 2.75) is 38.8 Å². The van der Waals surface area contributed by atoms with Gasteiger partial charge in [-0.3, -0.25) is 9.59 Å². The van der Waals surface area contributed by atoms with Gasteiger partial charge in [-0.15, -0.1) is 0 Å². The van der Waals surface area contributed by atoms with Gasteiger partial charge in [0, 0.05) is 43.4 Å². The minimum absolute atomic E-state index is 0.0237. The van der Waals surface area contributed by atoms with E-state index in [1.807, 2.05) is 13.8 Å². The van der Waals surface area contributed by atoms with Crippen LogP contribution in [0, 0.1) is 11.7 Å². The maximum atomic E-state index is 14.2. The average molecular weight is 497 g/mol. The normalized spacial score (nSPS) is 18.4. The van der Waals surface area contributed by atoms with E-state index in [0.717, 1.165) is 10.5 Å². The molecule has 1 aliphatic carbocycles. The molecular weight excluding hydrogens is 467 g/mol. The Bertz CT molecular complexity index is 1220. The molecule has 9 nitrogen and oxygen atoms in total. The molecule has 0 bridgehead atoms. The molecule has 36 heavy (non-hydrogen) atoms. The van der Waals surface area contributed by atoms with Crippen LogP contribution in [0.4, 0.5) is 19.7 Å². The summed E-state index contributed by atoms with van der Waals surface area (Å²) >= 11 is 0. The van der Waals surface area contributed by atoms with E-state index >= 15 is 0 Å². The van der Waals surface area contributed by atoms with Crippen molar-refractivity contribution in [3.05, 3.63) is 65.0 Å². The van der Waals surface area contributed by atoms with Crippen LogP contribution in [0.15, 0.2) is 42.5 Å². The summed E-state index contributed by atoms with van der Waals surface area (Å²) in [6.45, 7) is 3.71. The number of urea groups is 1. The van der Waals surface area contributed by atoms with Gasteiger partial charge in [-0.2, -0.15) is 0 Å². The SMILES string of the molecule is CNC(=O)Nc1ccc2c(c1)CC[C@@]21OC(=O)N(CC(=O)N(Cc2ccccc2F)CC(C)C)C1=O. The monoisotopic (exact) mass is 496 g/mol. The average Bonchev–Trinajstić information content (AvgIpc) is 3.31. The van der Waals surface area contributed by atoms with Crippen molar-refractivity contribution in [3.8, 4) is 0 Å². The highest BCUT2D eigenvalue weighted by atomic mass is 19.1. The van der Waals surface area contributed by atoms with E-state index in [1.54, 1.807) is 36.4 Å². The predicted octanol–water partition coefficient (Wildman–Crippen LogP) is 3.38. The second kappa shape index (κ2) is 9.96. The summed E-state index contributed by atoms with van der Waals surface area (Å²) in [5.41, 5.74) is 0.727. The molecule has 10 heteroatoms. The van der Waals surface area contributed by atoms with Gasteiger partial charge in [0.15, 0.2) is 0 Å². The van der Waals surface area contributed by atoms with E-state index in [9.17, 15) is 23.6 Å². The van der Waals surface area contributed by atoms with Crippen LogP contribution in [0.2, 0.25) is 0 Å². The summed E-state index contributed by atoms with van der Waals surface area (Å²) in [6, 6.07) is 10.8. The van der Waals surface area contributed by atoms with E-state index < -0.39 is 35.9 Å². The van der Waals surface area contributed by atoms with Crippen LogP contribution in [-0.4, -0.2) is 53.9 Å². The first-order chi connectivity index (χ1) is 17.1. The first-order valence-corrected chi connectivity index (χ1v) is 11.8. The number of nitrogens with one attached hydrogen (secondary N) is 2. The highest BCUT2D eigenvalue weighted by Crippen LogP contribution is 2.46. The van der Waals surface area contributed by atoms with Crippen LogP contribution < -0.4 is 10.6 Å². The quantitative estimate of drug-likeness (QED) is 0.611. The van der Waals surface area contributed by atoms with Crippen molar-refractivity contribution in [1.29, 1.82) is 0 Å². The van der Waals surface area contributed by atoms with Crippen LogP contribution in [-0.2, 0) is 32.9 Å². The molecule has 0 aromatic heterocycles. The molecule has 0 saturated carbocycles. The van der Waals surface area contributed by atoms with E-state index in [1.165, 1.54) is 18.0 Å². The van der Waals surface area contributed by atoms with Crippen molar-refractivity contribution >= 4 is 29.6 Å². The fourth-order valence-electron chi connectivity index (χ4n) is 4.69. The minimum Gasteiger partial charge on any atom is -0.427 e. The molecule has 2 aliphatic rings. The Morgan fingerprint density at radius 1 is 1.19 bits per heavy atom. The number of ether oxygens (including phenoxy) is 1. The lowest BCUT2D eigenvalue weighted by atomic mass is 9.94. The highest BCUT2D eigenvalue weighted by molar-refractivity contribution is 6.06. The lowest BCUT2D eigenvalue weighted by molar-refractivity contribution is -0.142. The first kappa shape index (κ1) is 25.2. The van der Waals surface area contributed by atoms with Crippen LogP contribution in [0.25, 0.3) is 0 Å².